The van der Waals surface area contributed by atoms with Crippen LogP contribution in [-0.4, -0.2) is 67.6 Å². The summed E-state index contributed by atoms with van der Waals surface area (Å²) in [6, 6.07) is 12.4. The fourth-order valence-electron chi connectivity index (χ4n) is 3.47. The Morgan fingerprint density at radius 3 is 2.50 bits per heavy atom. The Balaban J connectivity index is 0.00000363. The molecule has 32 heavy (non-hydrogen) atoms. The molecule has 1 aromatic heterocycles. The monoisotopic (exact) mass is 554 g/mol. The van der Waals surface area contributed by atoms with E-state index >= 15 is 0 Å². The van der Waals surface area contributed by atoms with Crippen molar-refractivity contribution in [3.8, 4) is 0 Å². The standard InChI is InChI=1S/C23H31FN6O.HI/c1-2-25-23(27-13-10-19-6-8-20(24)9-7-19)28-14-11-22(31)30-17-15-29(16-18-30)21-5-3-4-12-26-21;/h3-9,12H,2,10-11,13-18H2,1H3,(H2,25,27,28);1H. The Kier molecular flexibility index (Phi) is 11.2. The van der Waals surface area contributed by atoms with E-state index in [1.54, 1.807) is 18.3 Å². The van der Waals surface area contributed by atoms with Gasteiger partial charge in [-0.05, 0) is 43.2 Å². The molecule has 0 bridgehead atoms. The Labute approximate surface area is 206 Å². The summed E-state index contributed by atoms with van der Waals surface area (Å²) in [6.45, 7) is 6.85. The van der Waals surface area contributed by atoms with Gasteiger partial charge in [-0.2, -0.15) is 0 Å². The number of aromatic nitrogens is 1. The summed E-state index contributed by atoms with van der Waals surface area (Å²) in [4.78, 5) is 25.6. The van der Waals surface area contributed by atoms with Gasteiger partial charge in [0.15, 0.2) is 5.96 Å². The normalized spacial score (nSPS) is 14.0. The Hall–Kier alpha value is -2.43. The van der Waals surface area contributed by atoms with Crippen LogP contribution in [0.5, 0.6) is 0 Å². The smallest absolute Gasteiger partial charge is 0.224 e. The number of guanidine groups is 1. The zero-order chi connectivity index (χ0) is 21.9. The molecular formula is C23H32FIN6O. The number of anilines is 1. The van der Waals surface area contributed by atoms with Crippen LogP contribution < -0.4 is 15.5 Å². The number of nitrogens with one attached hydrogen (secondary N) is 2. The van der Waals surface area contributed by atoms with E-state index in [2.05, 4.69) is 25.5 Å². The minimum atomic E-state index is -0.227. The van der Waals surface area contributed by atoms with Gasteiger partial charge in [-0.3, -0.25) is 9.79 Å². The molecule has 9 heteroatoms. The number of hydrogen-bond donors (Lipinski definition) is 2. The summed E-state index contributed by atoms with van der Waals surface area (Å²) in [6.07, 6.45) is 2.95. The van der Waals surface area contributed by atoms with E-state index in [-0.39, 0.29) is 35.7 Å². The maximum atomic E-state index is 13.0. The highest BCUT2D eigenvalue weighted by Crippen LogP contribution is 2.13. The average Bonchev–Trinajstić information content (AvgIpc) is 2.81. The zero-order valence-corrected chi connectivity index (χ0v) is 20.8. The molecule has 1 aliphatic heterocycles. The molecule has 1 amide bonds. The molecule has 0 radical (unpaired) electrons. The molecule has 1 fully saturated rings. The number of rotatable bonds is 8. The first-order valence-electron chi connectivity index (χ1n) is 10.9. The number of carbonyl (C=O) groups is 1. The number of pyridine rings is 1. The predicted molar refractivity (Wildman–Crippen MR) is 137 cm³/mol. The van der Waals surface area contributed by atoms with Gasteiger partial charge in [0, 0.05) is 51.9 Å². The summed E-state index contributed by atoms with van der Waals surface area (Å²) in [7, 11) is 0. The van der Waals surface area contributed by atoms with E-state index < -0.39 is 0 Å². The summed E-state index contributed by atoms with van der Waals surface area (Å²) < 4.78 is 13.0. The second-order valence-electron chi connectivity index (χ2n) is 7.37. The van der Waals surface area contributed by atoms with Gasteiger partial charge in [-0.1, -0.05) is 18.2 Å². The van der Waals surface area contributed by atoms with Crippen molar-refractivity contribution < 1.29 is 9.18 Å². The topological polar surface area (TPSA) is 72.9 Å². The summed E-state index contributed by atoms with van der Waals surface area (Å²) >= 11 is 0. The maximum Gasteiger partial charge on any atom is 0.224 e. The molecule has 0 spiro atoms. The summed E-state index contributed by atoms with van der Waals surface area (Å²) in [5, 5.41) is 6.46. The van der Waals surface area contributed by atoms with Gasteiger partial charge < -0.3 is 20.4 Å². The van der Waals surface area contributed by atoms with Crippen molar-refractivity contribution in [1.29, 1.82) is 0 Å². The van der Waals surface area contributed by atoms with Crippen LogP contribution in [0.25, 0.3) is 0 Å². The molecule has 2 N–H and O–H groups in total. The number of halogens is 2. The number of benzene rings is 1. The largest absolute Gasteiger partial charge is 0.357 e. The summed E-state index contributed by atoms with van der Waals surface area (Å²) in [5.41, 5.74) is 1.06. The van der Waals surface area contributed by atoms with Crippen molar-refractivity contribution >= 4 is 41.7 Å². The molecule has 0 unspecified atom stereocenters. The van der Waals surface area contributed by atoms with Crippen molar-refractivity contribution in [3.05, 3.63) is 60.0 Å². The van der Waals surface area contributed by atoms with E-state index in [9.17, 15) is 9.18 Å². The number of amides is 1. The number of carbonyl (C=O) groups excluding carboxylic acids is 1. The molecule has 2 heterocycles. The van der Waals surface area contributed by atoms with Gasteiger partial charge in [0.1, 0.15) is 11.6 Å². The van der Waals surface area contributed by atoms with Crippen LogP contribution in [0.3, 0.4) is 0 Å². The maximum absolute atomic E-state index is 13.0. The lowest BCUT2D eigenvalue weighted by molar-refractivity contribution is -0.131. The SMILES string of the molecule is CCNC(=NCCC(=O)N1CCN(c2ccccn2)CC1)NCCc1ccc(F)cc1.I. The number of aliphatic imine (C=N–C) groups is 1. The minimum absolute atomic E-state index is 0. The highest BCUT2D eigenvalue weighted by atomic mass is 127. The van der Waals surface area contributed by atoms with Crippen LogP contribution in [-0.2, 0) is 11.2 Å². The average molecular weight is 554 g/mol. The van der Waals surface area contributed by atoms with Gasteiger partial charge >= 0.3 is 0 Å². The molecule has 0 saturated carbocycles. The number of hydrogen-bond acceptors (Lipinski definition) is 4. The quantitative estimate of drug-likeness (QED) is 0.299. The van der Waals surface area contributed by atoms with Crippen molar-refractivity contribution in [1.82, 2.24) is 20.5 Å². The van der Waals surface area contributed by atoms with Gasteiger partial charge in [0.05, 0.1) is 6.54 Å². The van der Waals surface area contributed by atoms with E-state index in [1.807, 2.05) is 30.0 Å². The molecule has 1 aliphatic rings. The molecule has 1 saturated heterocycles. The first-order chi connectivity index (χ1) is 15.2. The van der Waals surface area contributed by atoms with E-state index in [1.165, 1.54) is 12.1 Å². The predicted octanol–water partition coefficient (Wildman–Crippen LogP) is 2.68. The number of piperazine rings is 1. The van der Waals surface area contributed by atoms with Gasteiger partial charge in [0.2, 0.25) is 5.91 Å². The fourth-order valence-corrected chi connectivity index (χ4v) is 3.47. The lowest BCUT2D eigenvalue weighted by atomic mass is 10.1. The Morgan fingerprint density at radius 1 is 1.09 bits per heavy atom. The van der Waals surface area contributed by atoms with Crippen LogP contribution >= 0.6 is 24.0 Å². The second kappa shape index (κ2) is 13.9. The molecule has 0 atom stereocenters. The van der Waals surface area contributed by atoms with Crippen LogP contribution in [0, 0.1) is 5.82 Å². The highest BCUT2D eigenvalue weighted by molar-refractivity contribution is 14.0. The molecule has 0 aliphatic carbocycles. The van der Waals surface area contributed by atoms with Crippen LogP contribution in [0.15, 0.2) is 53.7 Å². The molecule has 174 valence electrons. The molecule has 3 rings (SSSR count). The zero-order valence-electron chi connectivity index (χ0n) is 18.5. The Morgan fingerprint density at radius 2 is 1.84 bits per heavy atom. The van der Waals surface area contributed by atoms with E-state index in [0.29, 0.717) is 38.6 Å². The summed E-state index contributed by atoms with van der Waals surface area (Å²) in [5.74, 6) is 1.56. The third kappa shape index (κ3) is 8.25. The molecular weight excluding hydrogens is 522 g/mol. The van der Waals surface area contributed by atoms with Crippen LogP contribution in [0.4, 0.5) is 10.2 Å². The van der Waals surface area contributed by atoms with Crippen molar-refractivity contribution in [2.45, 2.75) is 19.8 Å². The minimum Gasteiger partial charge on any atom is -0.357 e. The first-order valence-corrected chi connectivity index (χ1v) is 10.9. The van der Waals surface area contributed by atoms with Gasteiger partial charge in [-0.25, -0.2) is 9.37 Å². The van der Waals surface area contributed by atoms with Crippen molar-refractivity contribution in [3.63, 3.8) is 0 Å². The first kappa shape index (κ1) is 25.8. The highest BCUT2D eigenvalue weighted by Gasteiger charge is 2.21. The third-order valence-electron chi connectivity index (χ3n) is 5.16. The fraction of sp³-hybridized carbons (Fsp3) is 0.435. The van der Waals surface area contributed by atoms with E-state index in [4.69, 9.17) is 0 Å². The second-order valence-corrected chi connectivity index (χ2v) is 7.37. The molecule has 2 aromatic rings. The van der Waals surface area contributed by atoms with Crippen molar-refractivity contribution in [2.24, 2.45) is 4.99 Å². The van der Waals surface area contributed by atoms with Gasteiger partial charge in [0.25, 0.3) is 0 Å². The molecule has 1 aromatic carbocycles. The van der Waals surface area contributed by atoms with Crippen LogP contribution in [0.2, 0.25) is 0 Å². The van der Waals surface area contributed by atoms with Gasteiger partial charge in [-0.15, -0.1) is 24.0 Å². The lowest BCUT2D eigenvalue weighted by Crippen LogP contribution is -2.49. The number of nitrogens with zero attached hydrogens (tertiary/aromatic N) is 4. The van der Waals surface area contributed by atoms with Crippen molar-refractivity contribution in [2.75, 3.05) is 50.7 Å². The van der Waals surface area contributed by atoms with E-state index in [0.717, 1.165) is 37.4 Å². The molecule has 7 nitrogen and oxygen atoms in total. The van der Waals surface area contributed by atoms with Crippen LogP contribution in [0.1, 0.15) is 18.9 Å². The Bertz CT molecular complexity index is 841. The lowest BCUT2D eigenvalue weighted by Gasteiger charge is -2.35. The third-order valence-corrected chi connectivity index (χ3v) is 5.16.